The normalized spacial score (nSPS) is 17.3. The van der Waals surface area contributed by atoms with Crippen molar-refractivity contribution in [3.63, 3.8) is 0 Å². The molecule has 2 aromatic rings. The molecule has 1 unspecified atom stereocenters. The fourth-order valence-corrected chi connectivity index (χ4v) is 2.80. The summed E-state index contributed by atoms with van der Waals surface area (Å²) >= 11 is 0. The zero-order chi connectivity index (χ0) is 16.1. The smallest absolute Gasteiger partial charge is 0.254 e. The first-order chi connectivity index (χ1) is 11.2. The van der Waals surface area contributed by atoms with Crippen molar-refractivity contribution in [1.29, 1.82) is 0 Å². The molecule has 1 heterocycles. The molecule has 3 rings (SSSR count). The van der Waals surface area contributed by atoms with E-state index < -0.39 is 0 Å². The van der Waals surface area contributed by atoms with Crippen LogP contribution in [0.5, 0.6) is 5.75 Å². The van der Waals surface area contributed by atoms with Crippen LogP contribution in [0.4, 0.5) is 0 Å². The number of hydrogen-bond donors (Lipinski definition) is 1. The molecule has 0 aliphatic carbocycles. The number of hydrogen-bond acceptors (Lipinski definition) is 3. The summed E-state index contributed by atoms with van der Waals surface area (Å²) in [6.45, 7) is 1.97. The highest BCUT2D eigenvalue weighted by atomic mass is 16.5. The Kier molecular flexibility index (Phi) is 4.93. The van der Waals surface area contributed by atoms with Gasteiger partial charge in [-0.2, -0.15) is 0 Å². The van der Waals surface area contributed by atoms with Gasteiger partial charge in [-0.05, 0) is 30.2 Å². The van der Waals surface area contributed by atoms with Crippen molar-refractivity contribution in [3.8, 4) is 5.75 Å². The van der Waals surface area contributed by atoms with E-state index in [9.17, 15) is 4.79 Å². The van der Waals surface area contributed by atoms with Gasteiger partial charge in [0.05, 0.1) is 6.61 Å². The molecule has 1 atom stereocenters. The van der Waals surface area contributed by atoms with Crippen LogP contribution >= 0.6 is 0 Å². The lowest BCUT2D eigenvalue weighted by Gasteiger charge is -2.16. The van der Waals surface area contributed by atoms with Crippen molar-refractivity contribution in [2.24, 2.45) is 5.73 Å². The Morgan fingerprint density at radius 2 is 2.00 bits per heavy atom. The number of rotatable bonds is 5. The third-order valence-electron chi connectivity index (χ3n) is 4.10. The molecule has 0 spiro atoms. The minimum atomic E-state index is 0.0338. The van der Waals surface area contributed by atoms with Crippen LogP contribution in [0.3, 0.4) is 0 Å². The minimum absolute atomic E-state index is 0.0338. The van der Waals surface area contributed by atoms with Crippen LogP contribution in [0.25, 0.3) is 0 Å². The standard InChI is InChI=1S/C19H22N2O2/c20-17-9-11-21(14-17)19(22)16-7-4-8-18(13-16)23-12-10-15-5-2-1-3-6-15/h1-8,13,17H,9-12,14,20H2. The Morgan fingerprint density at radius 1 is 1.17 bits per heavy atom. The van der Waals surface area contributed by atoms with Crippen LogP contribution in [0.1, 0.15) is 22.3 Å². The predicted octanol–water partition coefficient (Wildman–Crippen LogP) is 2.48. The molecule has 1 aliphatic heterocycles. The summed E-state index contributed by atoms with van der Waals surface area (Å²) in [5.74, 6) is 0.765. The maximum absolute atomic E-state index is 12.5. The van der Waals surface area contributed by atoms with Gasteiger partial charge in [0.25, 0.3) is 5.91 Å². The van der Waals surface area contributed by atoms with Gasteiger partial charge in [-0.1, -0.05) is 36.4 Å². The first-order valence-electron chi connectivity index (χ1n) is 8.04. The van der Waals surface area contributed by atoms with Crippen LogP contribution in [-0.2, 0) is 6.42 Å². The number of carbonyl (C=O) groups excluding carboxylic acids is 1. The summed E-state index contributed by atoms with van der Waals surface area (Å²) in [5, 5.41) is 0. The molecule has 1 fully saturated rings. The lowest BCUT2D eigenvalue weighted by Crippen LogP contribution is -2.31. The van der Waals surface area contributed by atoms with Crippen LogP contribution in [0, 0.1) is 0 Å². The largest absolute Gasteiger partial charge is 0.493 e. The lowest BCUT2D eigenvalue weighted by atomic mass is 10.1. The van der Waals surface area contributed by atoms with Gasteiger partial charge in [0.15, 0.2) is 0 Å². The van der Waals surface area contributed by atoms with Gasteiger partial charge in [-0.15, -0.1) is 0 Å². The van der Waals surface area contributed by atoms with Gasteiger partial charge < -0.3 is 15.4 Å². The van der Waals surface area contributed by atoms with Gasteiger partial charge in [0.2, 0.25) is 0 Å². The van der Waals surface area contributed by atoms with Crippen LogP contribution in [-0.4, -0.2) is 36.5 Å². The van der Waals surface area contributed by atoms with Crippen LogP contribution in [0.2, 0.25) is 0 Å². The zero-order valence-corrected chi connectivity index (χ0v) is 13.2. The van der Waals surface area contributed by atoms with Crippen molar-refractivity contribution < 1.29 is 9.53 Å². The van der Waals surface area contributed by atoms with E-state index in [1.165, 1.54) is 5.56 Å². The number of benzene rings is 2. The lowest BCUT2D eigenvalue weighted by molar-refractivity contribution is 0.0790. The highest BCUT2D eigenvalue weighted by Crippen LogP contribution is 2.18. The summed E-state index contributed by atoms with van der Waals surface area (Å²) in [7, 11) is 0. The third kappa shape index (κ3) is 4.11. The van der Waals surface area contributed by atoms with E-state index in [4.69, 9.17) is 10.5 Å². The second-order valence-electron chi connectivity index (χ2n) is 5.91. The Labute approximate surface area is 136 Å². The topological polar surface area (TPSA) is 55.6 Å². The Balaban J connectivity index is 1.58. The number of nitrogens with zero attached hydrogens (tertiary/aromatic N) is 1. The zero-order valence-electron chi connectivity index (χ0n) is 13.2. The number of ether oxygens (including phenoxy) is 1. The van der Waals surface area contributed by atoms with Gasteiger partial charge in [-0.25, -0.2) is 0 Å². The van der Waals surface area contributed by atoms with Crippen LogP contribution in [0.15, 0.2) is 54.6 Å². The molecule has 4 heteroatoms. The maximum atomic E-state index is 12.5. The Bertz CT molecular complexity index is 657. The number of amides is 1. The fourth-order valence-electron chi connectivity index (χ4n) is 2.80. The second-order valence-corrected chi connectivity index (χ2v) is 5.91. The molecule has 4 nitrogen and oxygen atoms in total. The molecular weight excluding hydrogens is 288 g/mol. The molecule has 0 aromatic heterocycles. The molecule has 2 aromatic carbocycles. The first kappa shape index (κ1) is 15.6. The summed E-state index contributed by atoms with van der Waals surface area (Å²) in [4.78, 5) is 14.3. The molecule has 0 bridgehead atoms. The molecule has 120 valence electrons. The predicted molar refractivity (Wildman–Crippen MR) is 90.6 cm³/mol. The Hall–Kier alpha value is -2.33. The van der Waals surface area contributed by atoms with E-state index in [0.29, 0.717) is 18.7 Å². The van der Waals surface area contributed by atoms with E-state index in [0.717, 1.165) is 25.1 Å². The summed E-state index contributed by atoms with van der Waals surface area (Å²) in [6, 6.07) is 17.7. The molecule has 0 radical (unpaired) electrons. The van der Waals surface area contributed by atoms with Crippen molar-refractivity contribution in [3.05, 3.63) is 65.7 Å². The van der Waals surface area contributed by atoms with Crippen molar-refractivity contribution in [2.75, 3.05) is 19.7 Å². The molecule has 0 saturated carbocycles. The average molecular weight is 310 g/mol. The second kappa shape index (κ2) is 7.29. The van der Waals surface area contributed by atoms with E-state index >= 15 is 0 Å². The summed E-state index contributed by atoms with van der Waals surface area (Å²) in [6.07, 6.45) is 1.72. The summed E-state index contributed by atoms with van der Waals surface area (Å²) < 4.78 is 5.79. The van der Waals surface area contributed by atoms with E-state index in [-0.39, 0.29) is 11.9 Å². The van der Waals surface area contributed by atoms with Crippen molar-refractivity contribution in [1.82, 2.24) is 4.90 Å². The number of nitrogens with two attached hydrogens (primary N) is 1. The van der Waals surface area contributed by atoms with Gasteiger partial charge in [-0.3, -0.25) is 4.79 Å². The van der Waals surface area contributed by atoms with Gasteiger partial charge in [0, 0.05) is 31.1 Å². The molecule has 1 amide bonds. The van der Waals surface area contributed by atoms with E-state index in [1.807, 2.05) is 47.4 Å². The molecule has 23 heavy (non-hydrogen) atoms. The SMILES string of the molecule is NC1CCN(C(=O)c2cccc(OCCc3ccccc3)c2)C1. The Morgan fingerprint density at radius 3 is 2.74 bits per heavy atom. The molecule has 2 N–H and O–H groups in total. The fraction of sp³-hybridized carbons (Fsp3) is 0.316. The highest BCUT2D eigenvalue weighted by molar-refractivity contribution is 5.94. The molecule has 1 aliphatic rings. The van der Waals surface area contributed by atoms with E-state index in [2.05, 4.69) is 12.1 Å². The minimum Gasteiger partial charge on any atom is -0.493 e. The third-order valence-corrected chi connectivity index (χ3v) is 4.10. The van der Waals surface area contributed by atoms with Crippen molar-refractivity contribution >= 4 is 5.91 Å². The average Bonchev–Trinajstić information content (AvgIpc) is 3.02. The monoisotopic (exact) mass is 310 g/mol. The van der Waals surface area contributed by atoms with Crippen LogP contribution < -0.4 is 10.5 Å². The maximum Gasteiger partial charge on any atom is 0.254 e. The van der Waals surface area contributed by atoms with E-state index in [1.54, 1.807) is 0 Å². The molecule has 1 saturated heterocycles. The van der Waals surface area contributed by atoms with Gasteiger partial charge >= 0.3 is 0 Å². The highest BCUT2D eigenvalue weighted by Gasteiger charge is 2.24. The summed E-state index contributed by atoms with van der Waals surface area (Å²) in [5.41, 5.74) is 7.78. The number of likely N-dealkylation sites (tertiary alicyclic amines) is 1. The first-order valence-corrected chi connectivity index (χ1v) is 8.04. The van der Waals surface area contributed by atoms with Gasteiger partial charge in [0.1, 0.15) is 5.75 Å². The van der Waals surface area contributed by atoms with Crippen molar-refractivity contribution in [2.45, 2.75) is 18.9 Å². The number of carbonyl (C=O) groups is 1. The molecular formula is C19H22N2O2. The quantitative estimate of drug-likeness (QED) is 0.923.